The SMILES string of the molecule is C=C.O=C1CC23CCCC45CCC(O)CC4=CCC(C5)C2CCC13. The molecule has 0 aromatic rings. The van der Waals surface area contributed by atoms with Crippen LogP contribution in [0, 0.1) is 28.6 Å². The van der Waals surface area contributed by atoms with E-state index in [9.17, 15) is 9.90 Å². The summed E-state index contributed by atoms with van der Waals surface area (Å²) in [4.78, 5) is 12.1. The van der Waals surface area contributed by atoms with Gasteiger partial charge in [-0.25, -0.2) is 0 Å². The zero-order chi connectivity index (χ0) is 16.9. The second-order valence-corrected chi connectivity index (χ2v) is 9.07. The van der Waals surface area contributed by atoms with E-state index >= 15 is 0 Å². The highest BCUT2D eigenvalue weighted by atomic mass is 16.3. The molecular formula is C22H32O2. The number of Topliss-reactive ketones (excluding diaryl/α,β-unsaturated/α-hetero) is 1. The first-order valence-electron chi connectivity index (χ1n) is 10.0. The van der Waals surface area contributed by atoms with Crippen LogP contribution in [0.1, 0.15) is 70.6 Å². The number of ketones is 1. The van der Waals surface area contributed by atoms with E-state index in [1.54, 1.807) is 5.57 Å². The Bertz CT molecular complexity index is 564. The third-order valence-corrected chi connectivity index (χ3v) is 8.37. The van der Waals surface area contributed by atoms with Crippen molar-refractivity contribution in [2.75, 3.05) is 0 Å². The lowest BCUT2D eigenvalue weighted by molar-refractivity contribution is -0.147. The number of hydrogen-bond donors (Lipinski definition) is 1. The first-order valence-corrected chi connectivity index (χ1v) is 10.0. The maximum absolute atomic E-state index is 12.1. The Morgan fingerprint density at radius 3 is 2.75 bits per heavy atom. The third-order valence-electron chi connectivity index (χ3n) is 8.37. The van der Waals surface area contributed by atoms with E-state index in [-0.39, 0.29) is 6.10 Å². The molecule has 5 aliphatic carbocycles. The minimum absolute atomic E-state index is 0.0923. The normalized spacial score (nSPS) is 49.0. The standard InChI is InChI=1S/C20H28O2.C2H4/c21-15-6-9-19-7-1-8-20-12-18(22)17(20)5-4-16(20)13(11-19)2-3-14(19)10-15;1-2/h3,13,15-17,21H,1-2,4-12H2;1-2H2. The summed E-state index contributed by atoms with van der Waals surface area (Å²) in [7, 11) is 0. The minimum Gasteiger partial charge on any atom is -0.393 e. The minimum atomic E-state index is -0.0923. The predicted molar refractivity (Wildman–Crippen MR) is 96.5 cm³/mol. The molecule has 24 heavy (non-hydrogen) atoms. The molecule has 1 N–H and O–H groups in total. The number of aliphatic hydroxyl groups excluding tert-OH is 1. The van der Waals surface area contributed by atoms with Crippen LogP contribution < -0.4 is 0 Å². The Labute approximate surface area is 146 Å². The van der Waals surface area contributed by atoms with Gasteiger partial charge in [0.05, 0.1) is 6.10 Å². The van der Waals surface area contributed by atoms with Gasteiger partial charge in [0.15, 0.2) is 0 Å². The van der Waals surface area contributed by atoms with Gasteiger partial charge in [-0.1, -0.05) is 18.1 Å². The lowest BCUT2D eigenvalue weighted by atomic mass is 9.48. The first-order chi connectivity index (χ1) is 11.6. The van der Waals surface area contributed by atoms with Crippen molar-refractivity contribution >= 4 is 5.78 Å². The van der Waals surface area contributed by atoms with E-state index in [0.717, 1.165) is 31.1 Å². The summed E-state index contributed by atoms with van der Waals surface area (Å²) in [5.41, 5.74) is 2.44. The molecule has 6 unspecified atom stereocenters. The molecule has 0 heterocycles. The van der Waals surface area contributed by atoms with Crippen LogP contribution >= 0.6 is 0 Å². The molecule has 4 fully saturated rings. The number of carbonyl (C=O) groups excluding carboxylic acids is 1. The molecule has 0 radical (unpaired) electrons. The fourth-order valence-corrected chi connectivity index (χ4v) is 7.42. The molecule has 0 aromatic heterocycles. The van der Waals surface area contributed by atoms with Crippen molar-refractivity contribution in [3.63, 3.8) is 0 Å². The van der Waals surface area contributed by atoms with Crippen LogP contribution in [0.4, 0.5) is 0 Å². The Morgan fingerprint density at radius 2 is 1.96 bits per heavy atom. The molecule has 2 heteroatoms. The topological polar surface area (TPSA) is 37.3 Å². The monoisotopic (exact) mass is 328 g/mol. The van der Waals surface area contributed by atoms with Crippen LogP contribution in [-0.2, 0) is 4.79 Å². The number of allylic oxidation sites excluding steroid dienone is 1. The van der Waals surface area contributed by atoms with Crippen molar-refractivity contribution in [2.45, 2.75) is 76.7 Å². The van der Waals surface area contributed by atoms with Gasteiger partial charge < -0.3 is 5.11 Å². The van der Waals surface area contributed by atoms with Crippen LogP contribution in [0.15, 0.2) is 24.8 Å². The zero-order valence-corrected chi connectivity index (χ0v) is 14.9. The Morgan fingerprint density at radius 1 is 1.12 bits per heavy atom. The molecule has 2 spiro atoms. The average Bonchev–Trinajstić information content (AvgIpc) is 2.88. The summed E-state index contributed by atoms with van der Waals surface area (Å²) >= 11 is 0. The summed E-state index contributed by atoms with van der Waals surface area (Å²) in [5, 5.41) is 10.1. The highest BCUT2D eigenvalue weighted by Crippen LogP contribution is 2.68. The molecule has 2 nitrogen and oxygen atoms in total. The van der Waals surface area contributed by atoms with Crippen molar-refractivity contribution in [3.05, 3.63) is 24.8 Å². The maximum Gasteiger partial charge on any atom is 0.137 e. The van der Waals surface area contributed by atoms with Gasteiger partial charge in [0.25, 0.3) is 0 Å². The summed E-state index contributed by atoms with van der Waals surface area (Å²) in [5.74, 6) is 2.64. The summed E-state index contributed by atoms with van der Waals surface area (Å²) < 4.78 is 0. The molecule has 0 aromatic carbocycles. The number of carbonyl (C=O) groups is 1. The Kier molecular flexibility index (Phi) is 4.03. The molecule has 5 rings (SSSR count). The lowest BCUT2D eigenvalue weighted by Crippen LogP contribution is -2.52. The van der Waals surface area contributed by atoms with Gasteiger partial charge in [-0.15, -0.1) is 13.2 Å². The van der Waals surface area contributed by atoms with Gasteiger partial charge in [0.2, 0.25) is 0 Å². The fraction of sp³-hybridized carbons (Fsp3) is 0.773. The van der Waals surface area contributed by atoms with Crippen molar-refractivity contribution in [2.24, 2.45) is 28.6 Å². The van der Waals surface area contributed by atoms with Gasteiger partial charge >= 0.3 is 0 Å². The number of rotatable bonds is 0. The van der Waals surface area contributed by atoms with Crippen molar-refractivity contribution in [1.29, 1.82) is 0 Å². The van der Waals surface area contributed by atoms with Crippen molar-refractivity contribution in [3.8, 4) is 0 Å². The molecule has 0 aliphatic heterocycles. The van der Waals surface area contributed by atoms with Gasteiger partial charge in [-0.05, 0) is 80.5 Å². The first kappa shape index (κ1) is 16.6. The summed E-state index contributed by atoms with van der Waals surface area (Å²) in [6.45, 7) is 6.00. The van der Waals surface area contributed by atoms with Crippen LogP contribution in [0.3, 0.4) is 0 Å². The van der Waals surface area contributed by atoms with Gasteiger partial charge in [-0.2, -0.15) is 0 Å². The van der Waals surface area contributed by atoms with Crippen LogP contribution in [0.2, 0.25) is 0 Å². The second-order valence-electron chi connectivity index (χ2n) is 9.07. The number of fused-ring (bicyclic) bond motifs is 2. The molecule has 132 valence electrons. The highest BCUT2D eigenvalue weighted by Gasteiger charge is 2.63. The molecule has 4 saturated carbocycles. The van der Waals surface area contributed by atoms with E-state index in [2.05, 4.69) is 19.2 Å². The van der Waals surface area contributed by atoms with Gasteiger partial charge in [0, 0.05) is 12.3 Å². The van der Waals surface area contributed by atoms with Crippen molar-refractivity contribution in [1.82, 2.24) is 0 Å². The van der Waals surface area contributed by atoms with Crippen LogP contribution in [-0.4, -0.2) is 17.0 Å². The number of hydrogen-bond acceptors (Lipinski definition) is 2. The van der Waals surface area contributed by atoms with E-state index in [1.807, 2.05) is 0 Å². The van der Waals surface area contributed by atoms with E-state index in [4.69, 9.17) is 0 Å². The molecule has 5 aliphatic rings. The van der Waals surface area contributed by atoms with Crippen molar-refractivity contribution < 1.29 is 9.90 Å². The molecule has 0 amide bonds. The summed E-state index contributed by atoms with van der Waals surface area (Å²) in [6.07, 6.45) is 15.5. The molecule has 2 bridgehead atoms. The van der Waals surface area contributed by atoms with E-state index < -0.39 is 0 Å². The molecule has 6 atom stereocenters. The maximum atomic E-state index is 12.1. The van der Waals surface area contributed by atoms with Gasteiger partial charge in [0.1, 0.15) is 5.78 Å². The van der Waals surface area contributed by atoms with Crippen LogP contribution in [0.25, 0.3) is 0 Å². The largest absolute Gasteiger partial charge is 0.393 e. The quantitative estimate of drug-likeness (QED) is 0.647. The highest BCUT2D eigenvalue weighted by molar-refractivity contribution is 5.89. The zero-order valence-electron chi connectivity index (χ0n) is 14.9. The van der Waals surface area contributed by atoms with E-state index in [0.29, 0.717) is 22.5 Å². The van der Waals surface area contributed by atoms with Gasteiger partial charge in [-0.3, -0.25) is 4.79 Å². The molecule has 0 saturated heterocycles. The fourth-order valence-electron chi connectivity index (χ4n) is 7.42. The predicted octanol–water partition coefficient (Wildman–Crippen LogP) is 4.83. The average molecular weight is 328 g/mol. The Hall–Kier alpha value is -0.890. The summed E-state index contributed by atoms with van der Waals surface area (Å²) in [6, 6.07) is 0. The second kappa shape index (κ2) is 5.83. The smallest absolute Gasteiger partial charge is 0.137 e. The third kappa shape index (κ3) is 2.14. The lowest BCUT2D eigenvalue weighted by Gasteiger charge is -2.56. The van der Waals surface area contributed by atoms with Crippen LogP contribution in [0.5, 0.6) is 0 Å². The van der Waals surface area contributed by atoms with E-state index in [1.165, 1.54) is 51.4 Å². The number of aliphatic hydroxyl groups is 1. The Balaban J connectivity index is 0.000000704. The molecular weight excluding hydrogens is 296 g/mol.